The van der Waals surface area contributed by atoms with Crippen LogP contribution >= 0.6 is 0 Å². The molecule has 0 saturated heterocycles. The number of halogens is 5. The van der Waals surface area contributed by atoms with Gasteiger partial charge in [-0.2, -0.15) is 13.2 Å². The smallest absolute Gasteiger partial charge is 0.347 e. The monoisotopic (exact) mass is 293 g/mol. The Morgan fingerprint density at radius 1 is 1.40 bits per heavy atom. The van der Waals surface area contributed by atoms with Crippen LogP contribution < -0.4 is 5.32 Å². The number of carbonyl (C=O) groups excluding carboxylic acids is 1. The maximum Gasteiger partial charge on any atom is 0.471 e. The number of hydrogen-bond acceptors (Lipinski definition) is 1. The summed E-state index contributed by atoms with van der Waals surface area (Å²) in [5, 5.41) is 1.77. The normalized spacial score (nSPS) is 25.4. The molecular formula is C13H12F5NO. The summed E-state index contributed by atoms with van der Waals surface area (Å²) in [7, 11) is 0. The summed E-state index contributed by atoms with van der Waals surface area (Å²) in [6, 6.07) is 2.96. The van der Waals surface area contributed by atoms with Crippen molar-refractivity contribution in [1.29, 1.82) is 0 Å². The van der Waals surface area contributed by atoms with Gasteiger partial charge in [0.1, 0.15) is 11.6 Å². The number of nitrogens with one attached hydrogen (secondary N) is 1. The fourth-order valence-electron chi connectivity index (χ4n) is 2.44. The zero-order chi connectivity index (χ0) is 15.1. The number of carbonyl (C=O) groups is 1. The Kier molecular flexibility index (Phi) is 3.47. The van der Waals surface area contributed by atoms with Crippen LogP contribution in [0, 0.1) is 17.6 Å². The first-order valence-corrected chi connectivity index (χ1v) is 5.97. The van der Waals surface area contributed by atoms with E-state index in [1.54, 1.807) is 12.2 Å². The van der Waals surface area contributed by atoms with Crippen LogP contribution in [0.3, 0.4) is 0 Å². The van der Waals surface area contributed by atoms with E-state index in [9.17, 15) is 26.7 Å². The molecule has 1 fully saturated rings. The standard InChI is InChI=1S/C13H12F5NO/c1-7-5-12(7,6-19-11(20)13(16,17)18)9-3-2-8(14)4-10(9)15/h2-4,7H,5-6H2,1H3,(H,19,20). The molecule has 1 amide bonds. The third kappa shape index (κ3) is 2.62. The van der Waals surface area contributed by atoms with Gasteiger partial charge in [0.05, 0.1) is 0 Å². The highest BCUT2D eigenvalue weighted by molar-refractivity contribution is 5.81. The lowest BCUT2D eigenvalue weighted by molar-refractivity contribution is -0.173. The SMILES string of the molecule is CC1CC1(CNC(=O)C(F)(F)F)c1ccc(F)cc1F. The molecular weight excluding hydrogens is 281 g/mol. The van der Waals surface area contributed by atoms with Crippen molar-refractivity contribution in [3.63, 3.8) is 0 Å². The summed E-state index contributed by atoms with van der Waals surface area (Å²) in [4.78, 5) is 10.8. The van der Waals surface area contributed by atoms with E-state index < -0.39 is 29.1 Å². The van der Waals surface area contributed by atoms with Crippen molar-refractivity contribution in [2.75, 3.05) is 6.54 Å². The van der Waals surface area contributed by atoms with Gasteiger partial charge in [0.25, 0.3) is 0 Å². The van der Waals surface area contributed by atoms with Crippen LogP contribution in [0.4, 0.5) is 22.0 Å². The van der Waals surface area contributed by atoms with Gasteiger partial charge >= 0.3 is 12.1 Å². The molecule has 1 N–H and O–H groups in total. The first-order chi connectivity index (χ1) is 9.17. The molecule has 0 aromatic heterocycles. The lowest BCUT2D eigenvalue weighted by atomic mass is 9.92. The Bertz CT molecular complexity index is 542. The minimum absolute atomic E-state index is 0.0870. The van der Waals surface area contributed by atoms with Gasteiger partial charge < -0.3 is 5.32 Å². The molecule has 0 bridgehead atoms. The number of rotatable bonds is 3. The lowest BCUT2D eigenvalue weighted by Gasteiger charge is -2.19. The zero-order valence-electron chi connectivity index (χ0n) is 10.5. The van der Waals surface area contributed by atoms with Crippen molar-refractivity contribution in [3.8, 4) is 0 Å². The second-order valence-corrected chi connectivity index (χ2v) is 5.07. The molecule has 2 atom stereocenters. The van der Waals surface area contributed by atoms with Gasteiger partial charge in [0, 0.05) is 18.0 Å². The summed E-state index contributed by atoms with van der Waals surface area (Å²) in [5.41, 5.74) is -0.757. The number of amides is 1. The quantitative estimate of drug-likeness (QED) is 0.853. The summed E-state index contributed by atoms with van der Waals surface area (Å²) in [5.74, 6) is -3.71. The summed E-state index contributed by atoms with van der Waals surface area (Å²) in [6.07, 6.45) is -4.53. The lowest BCUT2D eigenvalue weighted by Crippen LogP contribution is -2.41. The number of benzene rings is 1. The Labute approximate surface area is 112 Å². The molecule has 2 unspecified atom stereocenters. The predicted octanol–water partition coefficient (Wildman–Crippen LogP) is 2.92. The van der Waals surface area contributed by atoms with E-state index in [1.807, 2.05) is 0 Å². The van der Waals surface area contributed by atoms with Crippen LogP contribution in [0.25, 0.3) is 0 Å². The topological polar surface area (TPSA) is 29.1 Å². The number of alkyl halides is 3. The molecule has 0 heterocycles. The van der Waals surface area contributed by atoms with Gasteiger partial charge in [-0.1, -0.05) is 13.0 Å². The zero-order valence-corrected chi connectivity index (χ0v) is 10.5. The fourth-order valence-corrected chi connectivity index (χ4v) is 2.44. The second-order valence-electron chi connectivity index (χ2n) is 5.07. The van der Waals surface area contributed by atoms with Crippen LogP contribution in [-0.2, 0) is 10.2 Å². The molecule has 0 radical (unpaired) electrons. The first-order valence-electron chi connectivity index (χ1n) is 5.97. The molecule has 0 spiro atoms. The highest BCUT2D eigenvalue weighted by Crippen LogP contribution is 2.54. The highest BCUT2D eigenvalue weighted by atomic mass is 19.4. The molecule has 1 aliphatic rings. The van der Waals surface area contributed by atoms with Crippen LogP contribution in [0.2, 0.25) is 0 Å². The van der Waals surface area contributed by atoms with Gasteiger partial charge in [0.15, 0.2) is 0 Å². The van der Waals surface area contributed by atoms with E-state index >= 15 is 0 Å². The molecule has 1 aliphatic carbocycles. The van der Waals surface area contributed by atoms with Gasteiger partial charge in [-0.25, -0.2) is 8.78 Å². The van der Waals surface area contributed by atoms with E-state index in [4.69, 9.17) is 0 Å². The van der Waals surface area contributed by atoms with Crippen molar-refractivity contribution >= 4 is 5.91 Å². The van der Waals surface area contributed by atoms with E-state index in [1.165, 1.54) is 6.07 Å². The molecule has 1 aromatic rings. The van der Waals surface area contributed by atoms with E-state index in [-0.39, 0.29) is 18.0 Å². The fraction of sp³-hybridized carbons (Fsp3) is 0.462. The average Bonchev–Trinajstić information content (AvgIpc) is 2.96. The van der Waals surface area contributed by atoms with Crippen molar-refractivity contribution in [3.05, 3.63) is 35.4 Å². The van der Waals surface area contributed by atoms with E-state index in [0.29, 0.717) is 12.5 Å². The average molecular weight is 293 g/mol. The van der Waals surface area contributed by atoms with Gasteiger partial charge in [-0.3, -0.25) is 4.79 Å². The summed E-state index contributed by atoms with van der Waals surface area (Å²) in [6.45, 7) is 1.41. The third-order valence-corrected chi connectivity index (χ3v) is 3.74. The highest BCUT2D eigenvalue weighted by Gasteiger charge is 2.54. The van der Waals surface area contributed by atoms with Gasteiger partial charge in [-0.05, 0) is 24.0 Å². The molecule has 1 aromatic carbocycles. The minimum atomic E-state index is -4.97. The Hall–Kier alpha value is -1.66. The van der Waals surface area contributed by atoms with Crippen molar-refractivity contribution < 1.29 is 26.7 Å². The van der Waals surface area contributed by atoms with Crippen molar-refractivity contribution in [1.82, 2.24) is 5.32 Å². The second kappa shape index (κ2) is 4.71. The van der Waals surface area contributed by atoms with Crippen LogP contribution in [-0.4, -0.2) is 18.6 Å². The van der Waals surface area contributed by atoms with Crippen molar-refractivity contribution in [2.45, 2.75) is 24.9 Å². The van der Waals surface area contributed by atoms with Crippen LogP contribution in [0.15, 0.2) is 18.2 Å². The van der Waals surface area contributed by atoms with Crippen molar-refractivity contribution in [2.24, 2.45) is 5.92 Å². The Morgan fingerprint density at radius 2 is 2.00 bits per heavy atom. The molecule has 7 heteroatoms. The summed E-state index contributed by atoms with van der Waals surface area (Å²) < 4.78 is 63.0. The van der Waals surface area contributed by atoms with Gasteiger partial charge in [0.2, 0.25) is 0 Å². The summed E-state index contributed by atoms with van der Waals surface area (Å²) >= 11 is 0. The first kappa shape index (κ1) is 14.7. The van der Waals surface area contributed by atoms with E-state index in [0.717, 1.165) is 6.07 Å². The van der Waals surface area contributed by atoms with E-state index in [2.05, 4.69) is 0 Å². The Balaban J connectivity index is 2.17. The molecule has 110 valence electrons. The van der Waals surface area contributed by atoms with Crippen LogP contribution in [0.1, 0.15) is 18.9 Å². The molecule has 0 aliphatic heterocycles. The maximum absolute atomic E-state index is 13.7. The predicted molar refractivity (Wildman–Crippen MR) is 60.9 cm³/mol. The molecule has 2 rings (SSSR count). The molecule has 20 heavy (non-hydrogen) atoms. The van der Waals surface area contributed by atoms with Crippen LogP contribution in [0.5, 0.6) is 0 Å². The minimum Gasteiger partial charge on any atom is -0.347 e. The molecule has 1 saturated carbocycles. The van der Waals surface area contributed by atoms with Gasteiger partial charge in [-0.15, -0.1) is 0 Å². The largest absolute Gasteiger partial charge is 0.471 e. The maximum atomic E-state index is 13.7. The Morgan fingerprint density at radius 3 is 2.45 bits per heavy atom. The molecule has 2 nitrogen and oxygen atoms in total. The number of hydrogen-bond donors (Lipinski definition) is 1. The third-order valence-electron chi connectivity index (χ3n) is 3.74.